The van der Waals surface area contributed by atoms with E-state index in [0.29, 0.717) is 5.92 Å². The lowest BCUT2D eigenvalue weighted by Crippen LogP contribution is -2.26. The van der Waals surface area contributed by atoms with Crippen LogP contribution in [0.15, 0.2) is 0 Å². The zero-order valence-electron chi connectivity index (χ0n) is 10.7. The van der Waals surface area contributed by atoms with E-state index in [1.165, 1.54) is 19.3 Å². The normalized spacial score (nSPS) is 16.8. The minimum absolute atomic E-state index is 0.112. The number of hydrogen-bond donors (Lipinski definition) is 1. The number of rotatable bonds is 9. The molecule has 96 valence electrons. The van der Waals surface area contributed by atoms with Crippen LogP contribution in [-0.2, 0) is 4.79 Å². The van der Waals surface area contributed by atoms with Crippen LogP contribution in [0.25, 0.3) is 0 Å². The molecule has 0 aromatic rings. The Bertz CT molecular complexity index is 194. The summed E-state index contributed by atoms with van der Waals surface area (Å²) in [6.07, 6.45) is 6.36. The predicted molar refractivity (Wildman–Crippen MR) is 72.1 cm³/mol. The lowest BCUT2D eigenvalue weighted by atomic mass is 9.86. The van der Waals surface area contributed by atoms with Gasteiger partial charge in [-0.2, -0.15) is 0 Å². The second-order valence-corrected chi connectivity index (χ2v) is 5.70. The van der Waals surface area contributed by atoms with Gasteiger partial charge in [0.1, 0.15) is 0 Å². The molecular formula is C13H25BrO2. The SMILES string of the molecule is CCCCC(CC)CC(C(=O)O)C(Br)CC. The van der Waals surface area contributed by atoms with Gasteiger partial charge in [0.05, 0.1) is 5.92 Å². The van der Waals surface area contributed by atoms with Crippen molar-refractivity contribution in [3.05, 3.63) is 0 Å². The molecule has 0 saturated carbocycles. The molecular weight excluding hydrogens is 268 g/mol. The third kappa shape index (κ3) is 5.88. The van der Waals surface area contributed by atoms with Crippen LogP contribution >= 0.6 is 15.9 Å². The fraction of sp³-hybridized carbons (Fsp3) is 0.923. The van der Waals surface area contributed by atoms with E-state index in [-0.39, 0.29) is 10.7 Å². The second-order valence-electron chi connectivity index (χ2n) is 4.52. The van der Waals surface area contributed by atoms with Gasteiger partial charge in [-0.1, -0.05) is 62.4 Å². The largest absolute Gasteiger partial charge is 0.481 e. The molecule has 0 fully saturated rings. The molecule has 0 aliphatic heterocycles. The molecule has 3 atom stereocenters. The molecule has 0 aromatic heterocycles. The van der Waals surface area contributed by atoms with Crippen molar-refractivity contribution in [3.63, 3.8) is 0 Å². The maximum Gasteiger partial charge on any atom is 0.307 e. The maximum absolute atomic E-state index is 11.2. The summed E-state index contributed by atoms with van der Waals surface area (Å²) in [6, 6.07) is 0. The Balaban J connectivity index is 4.28. The number of hydrogen-bond acceptors (Lipinski definition) is 1. The number of carboxylic acids is 1. The van der Waals surface area contributed by atoms with Crippen molar-refractivity contribution >= 4 is 21.9 Å². The van der Waals surface area contributed by atoms with Crippen LogP contribution in [0, 0.1) is 11.8 Å². The van der Waals surface area contributed by atoms with Gasteiger partial charge in [-0.3, -0.25) is 4.79 Å². The van der Waals surface area contributed by atoms with Crippen molar-refractivity contribution in [1.82, 2.24) is 0 Å². The zero-order valence-corrected chi connectivity index (χ0v) is 12.3. The standard InChI is InChI=1S/C13H25BrO2/c1-4-7-8-10(5-2)9-11(13(15)16)12(14)6-3/h10-12H,4-9H2,1-3H3,(H,15,16). The highest BCUT2D eigenvalue weighted by Crippen LogP contribution is 2.28. The minimum atomic E-state index is -0.654. The molecule has 0 bridgehead atoms. The number of aliphatic carboxylic acids is 1. The predicted octanol–water partition coefficient (Wildman–Crippen LogP) is 4.47. The Hall–Kier alpha value is -0.0500. The monoisotopic (exact) mass is 292 g/mol. The molecule has 0 aliphatic carbocycles. The average molecular weight is 293 g/mol. The van der Waals surface area contributed by atoms with Gasteiger partial charge in [0, 0.05) is 4.83 Å². The number of carboxylic acid groups (broad SMARTS) is 1. The molecule has 16 heavy (non-hydrogen) atoms. The summed E-state index contributed by atoms with van der Waals surface area (Å²) in [7, 11) is 0. The molecule has 0 aliphatic rings. The van der Waals surface area contributed by atoms with Gasteiger partial charge in [0.15, 0.2) is 0 Å². The van der Waals surface area contributed by atoms with Crippen molar-refractivity contribution in [2.75, 3.05) is 0 Å². The van der Waals surface area contributed by atoms with Gasteiger partial charge in [-0.15, -0.1) is 0 Å². The Morgan fingerprint density at radius 3 is 2.25 bits per heavy atom. The quantitative estimate of drug-likeness (QED) is 0.637. The lowest BCUT2D eigenvalue weighted by molar-refractivity contribution is -0.142. The van der Waals surface area contributed by atoms with Crippen LogP contribution in [0.1, 0.15) is 59.3 Å². The smallest absolute Gasteiger partial charge is 0.307 e. The van der Waals surface area contributed by atoms with Gasteiger partial charge in [0.25, 0.3) is 0 Å². The van der Waals surface area contributed by atoms with Crippen LogP contribution in [0.4, 0.5) is 0 Å². The number of alkyl halides is 1. The Labute approximate surface area is 108 Å². The van der Waals surface area contributed by atoms with Gasteiger partial charge in [0.2, 0.25) is 0 Å². The van der Waals surface area contributed by atoms with Gasteiger partial charge >= 0.3 is 5.97 Å². The molecule has 0 heterocycles. The molecule has 3 unspecified atom stereocenters. The molecule has 3 heteroatoms. The molecule has 0 spiro atoms. The van der Waals surface area contributed by atoms with E-state index in [1.807, 2.05) is 6.92 Å². The van der Waals surface area contributed by atoms with Gasteiger partial charge < -0.3 is 5.11 Å². The summed E-state index contributed by atoms with van der Waals surface area (Å²) in [5.41, 5.74) is 0. The fourth-order valence-electron chi connectivity index (χ4n) is 2.03. The maximum atomic E-state index is 11.2. The summed E-state index contributed by atoms with van der Waals surface area (Å²) in [6.45, 7) is 6.37. The van der Waals surface area contributed by atoms with Crippen molar-refractivity contribution in [2.24, 2.45) is 11.8 Å². The van der Waals surface area contributed by atoms with E-state index in [2.05, 4.69) is 29.8 Å². The first-order valence-corrected chi connectivity index (χ1v) is 7.35. The molecule has 1 N–H and O–H groups in total. The highest BCUT2D eigenvalue weighted by atomic mass is 79.9. The van der Waals surface area contributed by atoms with E-state index >= 15 is 0 Å². The summed E-state index contributed by atoms with van der Waals surface area (Å²) in [5, 5.41) is 9.21. The van der Waals surface area contributed by atoms with Crippen LogP contribution in [0.3, 0.4) is 0 Å². The van der Waals surface area contributed by atoms with Crippen molar-refractivity contribution in [1.29, 1.82) is 0 Å². The highest BCUT2D eigenvalue weighted by molar-refractivity contribution is 9.09. The number of halogens is 1. The summed E-state index contributed by atoms with van der Waals surface area (Å²) in [5.74, 6) is -0.321. The first-order valence-electron chi connectivity index (χ1n) is 6.43. The average Bonchev–Trinajstić information content (AvgIpc) is 2.28. The summed E-state index contributed by atoms with van der Waals surface area (Å²) < 4.78 is 0. The Morgan fingerprint density at radius 1 is 1.25 bits per heavy atom. The third-order valence-corrected chi connectivity index (χ3v) is 4.56. The van der Waals surface area contributed by atoms with Crippen molar-refractivity contribution in [3.8, 4) is 0 Å². The lowest BCUT2D eigenvalue weighted by Gasteiger charge is -2.22. The van der Waals surface area contributed by atoms with Gasteiger partial charge in [-0.05, 0) is 18.8 Å². The summed E-state index contributed by atoms with van der Waals surface area (Å²) >= 11 is 3.49. The highest BCUT2D eigenvalue weighted by Gasteiger charge is 2.27. The first-order chi connectivity index (χ1) is 7.56. The molecule has 2 nitrogen and oxygen atoms in total. The second kappa shape index (κ2) is 9.03. The van der Waals surface area contributed by atoms with E-state index in [4.69, 9.17) is 0 Å². The third-order valence-electron chi connectivity index (χ3n) is 3.27. The van der Waals surface area contributed by atoms with E-state index in [0.717, 1.165) is 19.3 Å². The molecule has 0 radical (unpaired) electrons. The summed E-state index contributed by atoms with van der Waals surface area (Å²) in [4.78, 5) is 11.3. The molecule has 0 amide bonds. The van der Waals surface area contributed by atoms with Crippen LogP contribution < -0.4 is 0 Å². The first kappa shape index (κ1) is 16.0. The van der Waals surface area contributed by atoms with Gasteiger partial charge in [-0.25, -0.2) is 0 Å². The minimum Gasteiger partial charge on any atom is -0.481 e. The van der Waals surface area contributed by atoms with Crippen LogP contribution in [0.2, 0.25) is 0 Å². The van der Waals surface area contributed by atoms with Crippen LogP contribution in [-0.4, -0.2) is 15.9 Å². The molecule has 0 aromatic carbocycles. The Morgan fingerprint density at radius 2 is 1.88 bits per heavy atom. The number of carbonyl (C=O) groups is 1. The topological polar surface area (TPSA) is 37.3 Å². The van der Waals surface area contributed by atoms with E-state index in [9.17, 15) is 9.90 Å². The van der Waals surface area contributed by atoms with Crippen LogP contribution in [0.5, 0.6) is 0 Å². The van der Waals surface area contributed by atoms with Crippen molar-refractivity contribution < 1.29 is 9.90 Å². The molecule has 0 saturated heterocycles. The fourth-order valence-corrected chi connectivity index (χ4v) is 2.47. The molecule has 0 rings (SSSR count). The number of unbranched alkanes of at least 4 members (excludes halogenated alkanes) is 1. The van der Waals surface area contributed by atoms with E-state index in [1.54, 1.807) is 0 Å². The van der Waals surface area contributed by atoms with Crippen molar-refractivity contribution in [2.45, 2.75) is 64.1 Å². The van der Waals surface area contributed by atoms with E-state index < -0.39 is 5.97 Å². The Kier molecular flexibility index (Phi) is 9.00. The zero-order chi connectivity index (χ0) is 12.6.